The number of carbonyl (C=O) groups is 1. The molecule has 4 aliphatic rings. The molecule has 0 aromatic rings. The first-order valence-corrected chi connectivity index (χ1v) is 16.7. The van der Waals surface area contributed by atoms with Crippen molar-refractivity contribution >= 4 is 18.5 Å². The van der Waals surface area contributed by atoms with E-state index in [0.29, 0.717) is 44.9 Å². The van der Waals surface area contributed by atoms with Gasteiger partial charge in [-0.25, -0.2) is 4.79 Å². The van der Waals surface area contributed by atoms with Crippen molar-refractivity contribution in [1.29, 1.82) is 0 Å². The minimum absolute atomic E-state index is 0. The zero-order valence-electron chi connectivity index (χ0n) is 26.8. The van der Waals surface area contributed by atoms with Gasteiger partial charge in [0.15, 0.2) is 0 Å². The summed E-state index contributed by atoms with van der Waals surface area (Å²) in [6.07, 6.45) is 16.3. The highest BCUT2D eigenvalue weighted by molar-refractivity contribution is 5.85. The van der Waals surface area contributed by atoms with Gasteiger partial charge in [0, 0.05) is 19.5 Å². The quantitative estimate of drug-likeness (QED) is 0.160. The Morgan fingerprint density at radius 2 is 1.76 bits per heavy atom. The van der Waals surface area contributed by atoms with Crippen LogP contribution in [-0.4, -0.2) is 51.7 Å². The number of ether oxygens (including phenoxy) is 3. The Hall–Kier alpha value is -0.820. The van der Waals surface area contributed by atoms with Crippen LogP contribution >= 0.6 is 12.4 Å². The number of carbonyl (C=O) groups excluding carboxylic acids is 1. The van der Waals surface area contributed by atoms with Crippen LogP contribution in [-0.2, 0) is 14.2 Å². The first-order chi connectivity index (χ1) is 19.2. The second-order valence-electron chi connectivity index (χ2n) is 14.5. The van der Waals surface area contributed by atoms with Crippen LogP contribution in [0.25, 0.3) is 0 Å². The van der Waals surface area contributed by atoms with Gasteiger partial charge in [-0.15, -0.1) is 12.4 Å². The maximum atomic E-state index is 12.5. The van der Waals surface area contributed by atoms with Gasteiger partial charge in [0.05, 0.1) is 26.4 Å². The van der Waals surface area contributed by atoms with Crippen LogP contribution in [0.5, 0.6) is 0 Å². The molecule has 3 N–H and O–H groups in total. The van der Waals surface area contributed by atoms with E-state index in [9.17, 15) is 4.79 Å². The summed E-state index contributed by atoms with van der Waals surface area (Å²) in [6.45, 7) is 15.5. The topological polar surface area (TPSA) is 82.8 Å². The van der Waals surface area contributed by atoms with Gasteiger partial charge in [0.2, 0.25) is 0 Å². The van der Waals surface area contributed by atoms with Crippen molar-refractivity contribution in [3.05, 3.63) is 11.6 Å². The maximum Gasteiger partial charge on any atom is 0.407 e. The molecule has 7 heteroatoms. The summed E-state index contributed by atoms with van der Waals surface area (Å²) < 4.78 is 16.6. The molecule has 1 amide bonds. The summed E-state index contributed by atoms with van der Waals surface area (Å²) in [4.78, 5) is 12.5. The first kappa shape index (κ1) is 34.7. The minimum atomic E-state index is -0.321. The summed E-state index contributed by atoms with van der Waals surface area (Å²) in [5, 5.41) is 2.85. The molecule has 4 unspecified atom stereocenters. The highest BCUT2D eigenvalue weighted by Crippen LogP contribution is 2.67. The van der Waals surface area contributed by atoms with Crippen molar-refractivity contribution in [2.24, 2.45) is 52.1 Å². The Balaban J connectivity index is 0.00000462. The van der Waals surface area contributed by atoms with E-state index in [0.717, 1.165) is 54.8 Å². The van der Waals surface area contributed by atoms with Gasteiger partial charge >= 0.3 is 6.09 Å². The lowest BCUT2D eigenvalue weighted by molar-refractivity contribution is -0.0581. The third-order valence-electron chi connectivity index (χ3n) is 11.7. The number of fused-ring (bicyclic) bond motifs is 5. The lowest BCUT2D eigenvalue weighted by Crippen LogP contribution is -2.51. The van der Waals surface area contributed by atoms with Crippen molar-refractivity contribution < 1.29 is 19.0 Å². The van der Waals surface area contributed by atoms with E-state index >= 15 is 0 Å². The SMILES string of the molecule is CC(C)CCC[C@@H](C)[C@H]1CCC2C3CC=C4CC(OC(=O)NCCOCCOCCN)CC[C@]4(C)C3CC[C@@]21C.Cl. The van der Waals surface area contributed by atoms with Crippen molar-refractivity contribution in [2.45, 2.75) is 111 Å². The average molecular weight is 597 g/mol. The van der Waals surface area contributed by atoms with E-state index in [2.05, 4.69) is 46.0 Å². The fourth-order valence-corrected chi connectivity index (χ4v) is 9.58. The van der Waals surface area contributed by atoms with Crippen LogP contribution in [0.1, 0.15) is 105 Å². The number of nitrogens with one attached hydrogen (secondary N) is 1. The zero-order chi connectivity index (χ0) is 28.8. The van der Waals surface area contributed by atoms with Crippen LogP contribution in [0.3, 0.4) is 0 Å². The molecule has 0 aromatic carbocycles. The molecule has 3 fully saturated rings. The highest BCUT2D eigenvalue weighted by atomic mass is 35.5. The fraction of sp³-hybridized carbons (Fsp3) is 0.912. The number of amides is 1. The Labute approximate surface area is 257 Å². The Morgan fingerprint density at radius 3 is 2.49 bits per heavy atom. The normalized spacial score (nSPS) is 35.0. The van der Waals surface area contributed by atoms with Crippen molar-refractivity contribution in [1.82, 2.24) is 5.32 Å². The van der Waals surface area contributed by atoms with Gasteiger partial charge in [-0.3, -0.25) is 0 Å². The highest BCUT2D eigenvalue weighted by Gasteiger charge is 2.59. The summed E-state index contributed by atoms with van der Waals surface area (Å²) >= 11 is 0. The molecular formula is C34H61ClN2O4. The average Bonchev–Trinajstić information content (AvgIpc) is 3.27. The number of halogens is 1. The molecule has 0 aromatic heterocycles. The standard InChI is InChI=1S/C34H60N2O4.ClH/c1-24(2)7-6-8-25(3)29-11-12-30-28-10-9-26-23-27(13-15-33(26,4)31(28)14-16-34(29,30)5)40-32(37)36-18-20-39-22-21-38-19-17-35;/h9,24-25,27-31H,6-8,10-23,35H2,1-5H3,(H,36,37);1H/t25-,27?,28?,29-,30?,31?,33+,34-;/m1./s1. The van der Waals surface area contributed by atoms with E-state index in [1.165, 1.54) is 51.4 Å². The molecule has 0 spiro atoms. The molecular weight excluding hydrogens is 536 g/mol. The Morgan fingerprint density at radius 1 is 1.00 bits per heavy atom. The monoisotopic (exact) mass is 596 g/mol. The van der Waals surface area contributed by atoms with Crippen molar-refractivity contribution in [3.8, 4) is 0 Å². The van der Waals surface area contributed by atoms with Gasteiger partial charge in [0.1, 0.15) is 6.10 Å². The number of hydrogen-bond donors (Lipinski definition) is 2. The Bertz CT molecular complexity index is 853. The summed E-state index contributed by atoms with van der Waals surface area (Å²) in [5.41, 5.74) is 7.77. The van der Waals surface area contributed by atoms with Gasteiger partial charge in [0.25, 0.3) is 0 Å². The second-order valence-corrected chi connectivity index (χ2v) is 14.5. The van der Waals surface area contributed by atoms with Crippen LogP contribution in [0.15, 0.2) is 11.6 Å². The third-order valence-corrected chi connectivity index (χ3v) is 11.7. The summed E-state index contributed by atoms with van der Waals surface area (Å²) in [7, 11) is 0. The predicted octanol–water partition coefficient (Wildman–Crippen LogP) is 7.54. The van der Waals surface area contributed by atoms with E-state index in [-0.39, 0.29) is 30.0 Å². The zero-order valence-corrected chi connectivity index (χ0v) is 27.6. The van der Waals surface area contributed by atoms with Gasteiger partial charge in [-0.1, -0.05) is 65.5 Å². The molecule has 0 aliphatic heterocycles. The molecule has 8 atom stereocenters. The van der Waals surface area contributed by atoms with E-state index < -0.39 is 0 Å². The van der Waals surface area contributed by atoms with Gasteiger partial charge < -0.3 is 25.3 Å². The molecule has 0 saturated heterocycles. The van der Waals surface area contributed by atoms with Crippen LogP contribution < -0.4 is 11.1 Å². The molecule has 0 bridgehead atoms. The predicted molar refractivity (Wildman–Crippen MR) is 169 cm³/mol. The number of nitrogens with two attached hydrogens (primary N) is 1. The van der Waals surface area contributed by atoms with Crippen molar-refractivity contribution in [3.63, 3.8) is 0 Å². The van der Waals surface area contributed by atoms with Gasteiger partial charge in [-0.05, 0) is 91.3 Å². The van der Waals surface area contributed by atoms with Crippen LogP contribution in [0, 0.1) is 46.3 Å². The van der Waals surface area contributed by atoms with E-state index in [4.69, 9.17) is 19.9 Å². The minimum Gasteiger partial charge on any atom is -0.446 e. The first-order valence-electron chi connectivity index (χ1n) is 16.7. The molecule has 6 nitrogen and oxygen atoms in total. The Kier molecular flexibility index (Phi) is 13.3. The van der Waals surface area contributed by atoms with Crippen LogP contribution in [0.2, 0.25) is 0 Å². The lowest BCUT2D eigenvalue weighted by Gasteiger charge is -2.58. The fourth-order valence-electron chi connectivity index (χ4n) is 9.58. The summed E-state index contributed by atoms with van der Waals surface area (Å²) in [6, 6.07) is 0. The molecule has 4 aliphatic carbocycles. The molecule has 41 heavy (non-hydrogen) atoms. The molecule has 3 saturated carbocycles. The summed E-state index contributed by atoms with van der Waals surface area (Å²) in [5.74, 6) is 5.10. The van der Waals surface area contributed by atoms with E-state index in [1.54, 1.807) is 5.57 Å². The number of allylic oxidation sites excluding steroid dienone is 1. The number of alkyl carbamates (subject to hydrolysis) is 1. The molecule has 0 radical (unpaired) electrons. The second kappa shape index (κ2) is 15.8. The smallest absolute Gasteiger partial charge is 0.407 e. The maximum absolute atomic E-state index is 12.5. The van der Waals surface area contributed by atoms with E-state index in [1.807, 2.05) is 0 Å². The third kappa shape index (κ3) is 8.22. The van der Waals surface area contributed by atoms with Crippen molar-refractivity contribution in [2.75, 3.05) is 39.5 Å². The molecule has 238 valence electrons. The van der Waals surface area contributed by atoms with Crippen LogP contribution in [0.4, 0.5) is 4.79 Å². The number of hydrogen-bond acceptors (Lipinski definition) is 5. The molecule has 4 rings (SSSR count). The number of rotatable bonds is 14. The molecule has 0 heterocycles. The largest absolute Gasteiger partial charge is 0.446 e. The van der Waals surface area contributed by atoms with Gasteiger partial charge in [-0.2, -0.15) is 0 Å². The lowest BCUT2D eigenvalue weighted by atomic mass is 9.47.